The summed E-state index contributed by atoms with van der Waals surface area (Å²) in [4.78, 5) is 22.9. The van der Waals surface area contributed by atoms with Crippen molar-refractivity contribution in [2.45, 2.75) is 17.9 Å². The second-order valence-corrected chi connectivity index (χ2v) is 9.00. The molecule has 34 heavy (non-hydrogen) atoms. The van der Waals surface area contributed by atoms with Crippen molar-refractivity contribution in [3.63, 3.8) is 0 Å². The van der Waals surface area contributed by atoms with Crippen LogP contribution in [0.2, 0.25) is 0 Å². The number of nitrogens with one attached hydrogen (secondary N) is 3. The molecule has 8 heteroatoms. The summed E-state index contributed by atoms with van der Waals surface area (Å²) in [5.74, 6) is 0.403. The summed E-state index contributed by atoms with van der Waals surface area (Å²) in [5, 5.41) is 17.8. The van der Waals surface area contributed by atoms with Crippen LogP contribution in [-0.4, -0.2) is 47.4 Å². The maximum Gasteiger partial charge on any atom is 0.288 e. The van der Waals surface area contributed by atoms with E-state index in [1.807, 2.05) is 66.7 Å². The highest BCUT2D eigenvalue weighted by molar-refractivity contribution is 8.15. The maximum absolute atomic E-state index is 11.6. The zero-order valence-electron chi connectivity index (χ0n) is 18.6. The minimum absolute atomic E-state index is 0.216. The third kappa shape index (κ3) is 6.84. The Morgan fingerprint density at radius 3 is 2.32 bits per heavy atom. The Hall–Kier alpha value is -3.33. The molecule has 2 atom stereocenters. The smallest absolute Gasteiger partial charge is 0.288 e. The van der Waals surface area contributed by atoms with Gasteiger partial charge >= 0.3 is 0 Å². The topological polar surface area (TPSA) is 99.7 Å². The van der Waals surface area contributed by atoms with Crippen LogP contribution in [0.4, 0.5) is 10.5 Å². The molecule has 0 saturated carbocycles. The molecule has 7 nitrogen and oxygen atoms in total. The van der Waals surface area contributed by atoms with Gasteiger partial charge in [-0.25, -0.2) is 0 Å². The number of amides is 2. The highest BCUT2D eigenvalue weighted by Gasteiger charge is 2.31. The van der Waals surface area contributed by atoms with E-state index in [1.165, 1.54) is 0 Å². The molecule has 0 spiro atoms. The standard InChI is InChI=1S/C26H27N3O4S/c30-22(17-33-23-12-8-20(9-13-23)19-4-2-1-3-5-19)16-27-15-14-18-6-10-21(11-7-18)28-25-24(31)29-26(32)34-25/h1-13,22,25,27-28,30H,14-17H2,(H,29,31,32). The number of rotatable bonds is 11. The van der Waals surface area contributed by atoms with Crippen LogP contribution in [0.1, 0.15) is 5.56 Å². The van der Waals surface area contributed by atoms with Gasteiger partial charge in [0.25, 0.3) is 11.1 Å². The number of carbonyl (C=O) groups is 2. The molecule has 176 valence electrons. The zero-order valence-corrected chi connectivity index (χ0v) is 19.4. The Bertz CT molecular complexity index is 1090. The average Bonchev–Trinajstić information content (AvgIpc) is 3.18. The van der Waals surface area contributed by atoms with Crippen LogP contribution in [0.5, 0.6) is 5.75 Å². The lowest BCUT2D eigenvalue weighted by molar-refractivity contribution is -0.118. The number of aliphatic hydroxyl groups is 1. The third-order valence-corrected chi connectivity index (χ3v) is 6.20. The van der Waals surface area contributed by atoms with E-state index in [9.17, 15) is 14.7 Å². The molecule has 2 amide bonds. The predicted octanol–water partition coefficient (Wildman–Crippen LogP) is 3.65. The molecule has 0 aromatic heterocycles. The van der Waals surface area contributed by atoms with E-state index in [1.54, 1.807) is 0 Å². The number of benzene rings is 3. The van der Waals surface area contributed by atoms with E-state index in [0.717, 1.165) is 46.3 Å². The normalized spacial score (nSPS) is 16.2. The molecule has 0 bridgehead atoms. The quantitative estimate of drug-likeness (QED) is 0.313. The average molecular weight is 478 g/mol. The number of carbonyl (C=O) groups excluding carboxylic acids is 2. The summed E-state index contributed by atoms with van der Waals surface area (Å²) in [7, 11) is 0. The lowest BCUT2D eigenvalue weighted by Gasteiger charge is -2.14. The summed E-state index contributed by atoms with van der Waals surface area (Å²) in [6, 6.07) is 25.7. The van der Waals surface area contributed by atoms with E-state index in [0.29, 0.717) is 13.1 Å². The third-order valence-electron chi connectivity index (χ3n) is 5.31. The molecule has 0 aliphatic carbocycles. The highest BCUT2D eigenvalue weighted by Crippen LogP contribution is 2.23. The number of imide groups is 1. The maximum atomic E-state index is 11.6. The highest BCUT2D eigenvalue weighted by atomic mass is 32.2. The Balaban J connectivity index is 1.12. The zero-order chi connectivity index (χ0) is 23.8. The summed E-state index contributed by atoms with van der Waals surface area (Å²) >= 11 is 0.940. The minimum atomic E-state index is -0.613. The molecule has 1 aliphatic rings. The molecule has 1 saturated heterocycles. The van der Waals surface area contributed by atoms with Crippen LogP contribution in [-0.2, 0) is 11.2 Å². The van der Waals surface area contributed by atoms with Crippen LogP contribution in [0.15, 0.2) is 78.9 Å². The lowest BCUT2D eigenvalue weighted by atomic mass is 10.1. The molecule has 4 rings (SSSR count). The van der Waals surface area contributed by atoms with Crippen molar-refractivity contribution in [2.75, 3.05) is 25.0 Å². The summed E-state index contributed by atoms with van der Waals surface area (Å²) in [6.07, 6.45) is 0.185. The molecule has 2 unspecified atom stereocenters. The monoisotopic (exact) mass is 477 g/mol. The van der Waals surface area contributed by atoms with E-state index in [2.05, 4.69) is 28.1 Å². The van der Waals surface area contributed by atoms with E-state index in [-0.39, 0.29) is 17.8 Å². The molecule has 3 aromatic carbocycles. The van der Waals surface area contributed by atoms with Gasteiger partial charge in [-0.2, -0.15) is 0 Å². The van der Waals surface area contributed by atoms with Crippen molar-refractivity contribution in [2.24, 2.45) is 0 Å². The summed E-state index contributed by atoms with van der Waals surface area (Å²) in [6.45, 7) is 1.36. The van der Waals surface area contributed by atoms with Crippen molar-refractivity contribution in [1.29, 1.82) is 0 Å². The van der Waals surface area contributed by atoms with Crippen LogP contribution in [0, 0.1) is 0 Å². The first kappa shape index (κ1) is 23.8. The number of hydrogen-bond acceptors (Lipinski definition) is 7. The molecule has 1 heterocycles. The first-order valence-corrected chi connectivity index (χ1v) is 12.0. The minimum Gasteiger partial charge on any atom is -0.491 e. The van der Waals surface area contributed by atoms with Gasteiger partial charge in [-0.15, -0.1) is 0 Å². The molecular formula is C26H27N3O4S. The first-order valence-electron chi connectivity index (χ1n) is 11.1. The van der Waals surface area contributed by atoms with Gasteiger partial charge in [-0.05, 0) is 65.7 Å². The van der Waals surface area contributed by atoms with E-state index in [4.69, 9.17) is 4.74 Å². The Labute approximate surface area is 202 Å². The largest absolute Gasteiger partial charge is 0.491 e. The van der Waals surface area contributed by atoms with Crippen molar-refractivity contribution >= 4 is 28.6 Å². The Morgan fingerprint density at radius 1 is 0.941 bits per heavy atom. The predicted molar refractivity (Wildman–Crippen MR) is 135 cm³/mol. The van der Waals surface area contributed by atoms with Crippen molar-refractivity contribution < 1.29 is 19.4 Å². The lowest BCUT2D eigenvalue weighted by Crippen LogP contribution is -2.32. The number of anilines is 1. The molecule has 0 radical (unpaired) electrons. The van der Waals surface area contributed by atoms with Gasteiger partial charge in [0.1, 0.15) is 18.5 Å². The van der Waals surface area contributed by atoms with Crippen molar-refractivity contribution in [3.05, 3.63) is 84.4 Å². The number of thioether (sulfide) groups is 1. The Kier molecular flexibility index (Phi) is 8.19. The fourth-order valence-electron chi connectivity index (χ4n) is 3.50. The second-order valence-electron chi connectivity index (χ2n) is 7.93. The van der Waals surface area contributed by atoms with Crippen LogP contribution in [0.3, 0.4) is 0 Å². The molecule has 1 fully saturated rings. The van der Waals surface area contributed by atoms with Gasteiger partial charge in [-0.3, -0.25) is 14.9 Å². The van der Waals surface area contributed by atoms with Gasteiger partial charge in [0, 0.05) is 12.2 Å². The van der Waals surface area contributed by atoms with Gasteiger partial charge in [0.2, 0.25) is 0 Å². The molecular weight excluding hydrogens is 450 g/mol. The summed E-state index contributed by atoms with van der Waals surface area (Å²) < 4.78 is 5.71. The number of hydrogen-bond donors (Lipinski definition) is 4. The first-order chi connectivity index (χ1) is 16.6. The van der Waals surface area contributed by atoms with Crippen molar-refractivity contribution in [1.82, 2.24) is 10.6 Å². The molecule has 1 aliphatic heterocycles. The van der Waals surface area contributed by atoms with Crippen LogP contribution >= 0.6 is 11.8 Å². The van der Waals surface area contributed by atoms with E-state index < -0.39 is 11.5 Å². The SMILES string of the molecule is O=C1NC(=O)C(Nc2ccc(CCNCC(O)COc3ccc(-c4ccccc4)cc3)cc2)S1. The summed E-state index contributed by atoms with van der Waals surface area (Å²) in [5.41, 5.74) is 4.18. The van der Waals surface area contributed by atoms with Gasteiger partial charge in [-0.1, -0.05) is 54.6 Å². The van der Waals surface area contributed by atoms with Gasteiger partial charge in [0.05, 0.1) is 0 Å². The fraction of sp³-hybridized carbons (Fsp3) is 0.231. The van der Waals surface area contributed by atoms with Crippen LogP contribution < -0.4 is 20.7 Å². The van der Waals surface area contributed by atoms with Crippen molar-refractivity contribution in [3.8, 4) is 16.9 Å². The number of aliphatic hydroxyl groups excluding tert-OH is 1. The fourth-order valence-corrected chi connectivity index (χ4v) is 4.23. The van der Waals surface area contributed by atoms with Crippen LogP contribution in [0.25, 0.3) is 11.1 Å². The molecule has 3 aromatic rings. The Morgan fingerprint density at radius 2 is 1.65 bits per heavy atom. The van der Waals surface area contributed by atoms with Gasteiger partial charge < -0.3 is 20.5 Å². The molecule has 4 N–H and O–H groups in total. The second kappa shape index (κ2) is 11.7. The van der Waals surface area contributed by atoms with Gasteiger partial charge in [0.15, 0.2) is 5.37 Å². The van der Waals surface area contributed by atoms with E-state index >= 15 is 0 Å². The number of ether oxygens (including phenoxy) is 1.